The molecule has 0 radical (unpaired) electrons. The van der Waals surface area contributed by atoms with Gasteiger partial charge in [-0.25, -0.2) is 14.4 Å². The molecule has 43 heavy (non-hydrogen) atoms. The van der Waals surface area contributed by atoms with E-state index in [1.807, 2.05) is 19.9 Å². The van der Waals surface area contributed by atoms with Gasteiger partial charge in [0.25, 0.3) is 0 Å². The van der Waals surface area contributed by atoms with Gasteiger partial charge < -0.3 is 24.3 Å². The highest BCUT2D eigenvalue weighted by atomic mass is 16.6. The Balaban J connectivity index is 1.25. The first kappa shape index (κ1) is 32.1. The normalized spacial score (nSPS) is 37.9. The Morgan fingerprint density at radius 2 is 1.79 bits per heavy atom. The van der Waals surface area contributed by atoms with E-state index in [4.69, 9.17) is 13.9 Å². The van der Waals surface area contributed by atoms with Crippen LogP contribution in [0.2, 0.25) is 0 Å². The Morgan fingerprint density at radius 3 is 2.44 bits per heavy atom. The van der Waals surface area contributed by atoms with E-state index < -0.39 is 23.3 Å². The first-order chi connectivity index (χ1) is 20.1. The summed E-state index contributed by atoms with van der Waals surface area (Å²) in [7, 11) is 0. The van der Waals surface area contributed by atoms with Crippen LogP contribution in [0.4, 0.5) is 4.79 Å². The van der Waals surface area contributed by atoms with Crippen molar-refractivity contribution in [2.24, 2.45) is 34.5 Å². The van der Waals surface area contributed by atoms with E-state index in [1.54, 1.807) is 27.0 Å². The Morgan fingerprint density at radius 1 is 1.05 bits per heavy atom. The van der Waals surface area contributed by atoms with Gasteiger partial charge in [-0.3, -0.25) is 0 Å². The highest BCUT2D eigenvalue weighted by molar-refractivity contribution is 5.81. The Labute approximate surface area is 256 Å². The Bertz CT molecular complexity index is 1230. The third kappa shape index (κ3) is 6.02. The van der Waals surface area contributed by atoms with Crippen LogP contribution in [0.1, 0.15) is 124 Å². The molecule has 1 heterocycles. The molecule has 1 unspecified atom stereocenters. The fourth-order valence-electron chi connectivity index (χ4n) is 9.78. The second-order valence-corrected chi connectivity index (χ2v) is 16.0. The average Bonchev–Trinajstić information content (AvgIpc) is 3.18. The van der Waals surface area contributed by atoms with Crippen LogP contribution in [0.3, 0.4) is 0 Å². The number of nitrogens with one attached hydrogen (secondary N) is 1. The van der Waals surface area contributed by atoms with Gasteiger partial charge in [0, 0.05) is 11.5 Å². The fourth-order valence-corrected chi connectivity index (χ4v) is 9.78. The number of rotatable bonds is 6. The first-order valence-corrected chi connectivity index (χ1v) is 16.6. The van der Waals surface area contributed by atoms with E-state index in [-0.39, 0.29) is 46.3 Å². The Hall–Kier alpha value is -2.35. The monoisotopic (exact) mass is 599 g/mol. The third-order valence-corrected chi connectivity index (χ3v) is 11.9. The van der Waals surface area contributed by atoms with Crippen molar-refractivity contribution in [3.63, 3.8) is 0 Å². The zero-order chi connectivity index (χ0) is 31.4. The molecule has 240 valence electrons. The summed E-state index contributed by atoms with van der Waals surface area (Å²) in [6.07, 6.45) is 9.60. The molecule has 1 aromatic heterocycles. The average molecular weight is 600 g/mol. The maximum atomic E-state index is 13.3. The molecule has 8 heteroatoms. The van der Waals surface area contributed by atoms with Crippen molar-refractivity contribution in [1.29, 1.82) is 0 Å². The predicted molar refractivity (Wildman–Crippen MR) is 163 cm³/mol. The molecule has 0 aliphatic heterocycles. The number of aliphatic hydroxyl groups is 1. The molecule has 0 bridgehead atoms. The molecule has 1 amide bonds. The van der Waals surface area contributed by atoms with Crippen molar-refractivity contribution >= 4 is 12.1 Å². The van der Waals surface area contributed by atoms with E-state index in [0.717, 1.165) is 63.4 Å². The summed E-state index contributed by atoms with van der Waals surface area (Å²) in [5, 5.41) is 15.3. The molecule has 5 rings (SSSR count). The zero-order valence-electron chi connectivity index (χ0n) is 27.2. The largest absolute Gasteiger partial charge is 0.461 e. The summed E-state index contributed by atoms with van der Waals surface area (Å²) in [6, 6.07) is 2.64. The number of ether oxygens (including phenoxy) is 2. The molecular formula is C35H53NO7. The van der Waals surface area contributed by atoms with Crippen molar-refractivity contribution in [2.75, 3.05) is 0 Å². The first-order valence-electron chi connectivity index (χ1n) is 16.6. The lowest BCUT2D eigenvalue weighted by Crippen LogP contribution is -2.62. The van der Waals surface area contributed by atoms with Crippen LogP contribution in [0.5, 0.6) is 0 Å². The van der Waals surface area contributed by atoms with Gasteiger partial charge in [0.05, 0.1) is 11.9 Å². The lowest BCUT2D eigenvalue weighted by atomic mass is 9.43. The van der Waals surface area contributed by atoms with Crippen molar-refractivity contribution in [2.45, 2.75) is 142 Å². The Kier molecular flexibility index (Phi) is 8.60. The molecule has 4 aliphatic rings. The summed E-state index contributed by atoms with van der Waals surface area (Å²) >= 11 is 0. The van der Waals surface area contributed by atoms with Gasteiger partial charge >= 0.3 is 17.7 Å². The van der Waals surface area contributed by atoms with Gasteiger partial charge in [-0.2, -0.15) is 0 Å². The van der Waals surface area contributed by atoms with E-state index in [9.17, 15) is 19.5 Å². The second-order valence-electron chi connectivity index (χ2n) is 16.0. The summed E-state index contributed by atoms with van der Waals surface area (Å²) in [4.78, 5) is 37.4. The third-order valence-electron chi connectivity index (χ3n) is 11.9. The highest BCUT2D eigenvalue weighted by Gasteiger charge is 2.67. The van der Waals surface area contributed by atoms with Crippen molar-refractivity contribution in [3.05, 3.63) is 34.4 Å². The van der Waals surface area contributed by atoms with Crippen molar-refractivity contribution < 1.29 is 28.6 Å². The van der Waals surface area contributed by atoms with Crippen LogP contribution in [-0.2, 0) is 14.3 Å². The molecule has 4 fully saturated rings. The summed E-state index contributed by atoms with van der Waals surface area (Å²) in [5.74, 6) is 1.10. The molecule has 8 nitrogen and oxygen atoms in total. The maximum Gasteiger partial charge on any atom is 0.408 e. The van der Waals surface area contributed by atoms with Crippen LogP contribution >= 0.6 is 0 Å². The smallest absolute Gasteiger partial charge is 0.408 e. The van der Waals surface area contributed by atoms with Crippen LogP contribution in [0, 0.1) is 34.5 Å². The second kappa shape index (κ2) is 11.5. The molecule has 2 N–H and O–H groups in total. The quantitative estimate of drug-likeness (QED) is 0.348. The van der Waals surface area contributed by atoms with E-state index >= 15 is 0 Å². The lowest BCUT2D eigenvalue weighted by Gasteiger charge is -2.63. The van der Waals surface area contributed by atoms with E-state index in [0.29, 0.717) is 18.3 Å². The SMILES string of the molecule is CC(C)CC(NC(=O)OC(C)(C)C)C(=O)O[C@H]1CC[C@@]2(C)[C@H](CC[C@@H]3[C@@H]2CC[C@]2(C)[C@@H](c4ccc(=O)oc4)CC[C@]32O)C1. The number of fused-ring (bicyclic) bond motifs is 5. The molecule has 4 saturated carbocycles. The maximum absolute atomic E-state index is 13.3. The topological polar surface area (TPSA) is 115 Å². The van der Waals surface area contributed by atoms with Crippen LogP contribution < -0.4 is 10.9 Å². The van der Waals surface area contributed by atoms with Crippen LogP contribution in [-0.4, -0.2) is 40.5 Å². The van der Waals surface area contributed by atoms with Gasteiger partial charge in [0.1, 0.15) is 17.7 Å². The standard InChI is InChI=1S/C35H53NO7/c1-21(2)18-28(36-31(39)43-32(3,4)5)30(38)42-24-12-15-33(6)23(19-24)9-10-27-26(33)13-16-34(7)25(14-17-35(27,34)40)22-8-11-29(37)41-20-22/h8,11,20-21,23-28,40H,9-10,12-19H2,1-7H3,(H,36,39)/t23-,24+,25-,26+,27-,28?,33+,34-,35+/m1/s1. The lowest BCUT2D eigenvalue weighted by molar-refractivity contribution is -0.207. The van der Waals surface area contributed by atoms with E-state index in [2.05, 4.69) is 19.2 Å². The van der Waals surface area contributed by atoms with Crippen LogP contribution in [0.25, 0.3) is 0 Å². The number of alkyl carbamates (subject to hydrolysis) is 1. The number of hydrogen-bond donors (Lipinski definition) is 2. The highest BCUT2D eigenvalue weighted by Crippen LogP contribution is 2.70. The van der Waals surface area contributed by atoms with Gasteiger partial charge in [-0.05, 0) is 132 Å². The summed E-state index contributed by atoms with van der Waals surface area (Å²) in [5.41, 5.74) is -0.872. The minimum absolute atomic E-state index is 0.0899. The van der Waals surface area contributed by atoms with Crippen molar-refractivity contribution in [1.82, 2.24) is 5.32 Å². The van der Waals surface area contributed by atoms with Crippen LogP contribution in [0.15, 0.2) is 27.6 Å². The summed E-state index contributed by atoms with van der Waals surface area (Å²) in [6.45, 7) is 14.1. The molecule has 1 aromatic rings. The summed E-state index contributed by atoms with van der Waals surface area (Å²) < 4.78 is 16.7. The molecule has 9 atom stereocenters. The predicted octanol–water partition coefficient (Wildman–Crippen LogP) is 6.73. The van der Waals surface area contributed by atoms with E-state index in [1.165, 1.54) is 6.07 Å². The molecule has 0 spiro atoms. The molecule has 0 saturated heterocycles. The number of amides is 1. The molecule has 4 aliphatic carbocycles. The minimum Gasteiger partial charge on any atom is -0.461 e. The van der Waals surface area contributed by atoms with Gasteiger partial charge in [0.15, 0.2) is 0 Å². The molecule has 0 aromatic carbocycles. The zero-order valence-corrected chi connectivity index (χ0v) is 27.2. The number of esters is 1. The van der Waals surface area contributed by atoms with Crippen molar-refractivity contribution in [3.8, 4) is 0 Å². The molecular weight excluding hydrogens is 546 g/mol. The minimum atomic E-state index is -0.745. The number of carbonyl (C=O) groups is 2. The number of hydrogen-bond acceptors (Lipinski definition) is 7. The fraction of sp³-hybridized carbons (Fsp3) is 0.800. The number of carbonyl (C=O) groups excluding carboxylic acids is 2. The van der Waals surface area contributed by atoms with Gasteiger partial charge in [-0.1, -0.05) is 27.7 Å². The van der Waals surface area contributed by atoms with Gasteiger partial charge in [-0.15, -0.1) is 0 Å². The van der Waals surface area contributed by atoms with Gasteiger partial charge in [0.2, 0.25) is 0 Å².